The van der Waals surface area contributed by atoms with E-state index in [0.29, 0.717) is 36.7 Å². The number of imidazole rings is 1. The van der Waals surface area contributed by atoms with Crippen LogP contribution in [0.15, 0.2) is 9.59 Å². The van der Waals surface area contributed by atoms with E-state index in [1.807, 2.05) is 9.47 Å². The van der Waals surface area contributed by atoms with Gasteiger partial charge in [0.25, 0.3) is 5.56 Å². The third-order valence-electron chi connectivity index (χ3n) is 3.69. The van der Waals surface area contributed by atoms with E-state index >= 15 is 0 Å². The first-order valence-electron chi connectivity index (χ1n) is 6.51. The Kier molecular flexibility index (Phi) is 2.72. The second kappa shape index (κ2) is 4.20. The number of nitrogens with zero attached hydrogens (tertiary/aromatic N) is 5. The molecule has 0 saturated carbocycles. The lowest BCUT2D eigenvalue weighted by Crippen LogP contribution is -2.37. The van der Waals surface area contributed by atoms with Crippen molar-refractivity contribution in [1.82, 2.24) is 18.7 Å². The third-order valence-corrected chi connectivity index (χ3v) is 3.69. The van der Waals surface area contributed by atoms with E-state index in [-0.39, 0.29) is 11.2 Å². The van der Waals surface area contributed by atoms with Gasteiger partial charge in [-0.1, -0.05) is 0 Å². The summed E-state index contributed by atoms with van der Waals surface area (Å²) in [6.45, 7) is 3.50. The number of hydrogen-bond acceptors (Lipinski definition) is 5. The van der Waals surface area contributed by atoms with Crippen LogP contribution in [-0.2, 0) is 20.6 Å². The fourth-order valence-corrected chi connectivity index (χ4v) is 2.70. The van der Waals surface area contributed by atoms with Crippen LogP contribution in [0.25, 0.3) is 11.2 Å². The molecule has 0 radical (unpaired) electrons. The van der Waals surface area contributed by atoms with Crippen molar-refractivity contribution in [1.29, 1.82) is 0 Å². The average Bonchev–Trinajstić information content (AvgIpc) is 2.93. The molecular formula is C12H17N5O3. The Morgan fingerprint density at radius 1 is 1.25 bits per heavy atom. The Balaban J connectivity index is 2.29. The molecular weight excluding hydrogens is 262 g/mol. The van der Waals surface area contributed by atoms with Crippen molar-refractivity contribution in [3.8, 4) is 0 Å². The number of fused-ring (bicyclic) bond motifs is 3. The predicted octanol–water partition coefficient (Wildman–Crippen LogP) is -1.37. The fraction of sp³-hybridized carbons (Fsp3) is 0.583. The van der Waals surface area contributed by atoms with Crippen LogP contribution >= 0.6 is 0 Å². The summed E-state index contributed by atoms with van der Waals surface area (Å²) in [6, 6.07) is 0. The van der Waals surface area contributed by atoms with Gasteiger partial charge in [0.15, 0.2) is 11.2 Å². The van der Waals surface area contributed by atoms with E-state index in [1.165, 1.54) is 11.6 Å². The maximum atomic E-state index is 12.3. The van der Waals surface area contributed by atoms with Crippen LogP contribution in [0, 0.1) is 0 Å². The largest absolute Gasteiger partial charge is 0.392 e. The van der Waals surface area contributed by atoms with Crippen LogP contribution in [0.5, 0.6) is 0 Å². The van der Waals surface area contributed by atoms with Crippen LogP contribution in [0.1, 0.15) is 6.92 Å². The van der Waals surface area contributed by atoms with Crippen LogP contribution in [-0.4, -0.2) is 43.0 Å². The molecule has 1 atom stereocenters. The zero-order valence-electron chi connectivity index (χ0n) is 11.7. The first kappa shape index (κ1) is 12.9. The van der Waals surface area contributed by atoms with E-state index in [4.69, 9.17) is 0 Å². The van der Waals surface area contributed by atoms with Crippen molar-refractivity contribution in [3.05, 3.63) is 20.8 Å². The summed E-state index contributed by atoms with van der Waals surface area (Å²) < 4.78 is 4.29. The normalized spacial score (nSPS) is 15.9. The molecule has 20 heavy (non-hydrogen) atoms. The third kappa shape index (κ3) is 1.61. The van der Waals surface area contributed by atoms with Crippen molar-refractivity contribution in [2.75, 3.05) is 18.0 Å². The molecule has 3 heterocycles. The summed E-state index contributed by atoms with van der Waals surface area (Å²) >= 11 is 0. The SMILES string of the molecule is CC(O)CN1CCn2c1nc1c2c(=O)n(C)c(=O)n1C. The van der Waals surface area contributed by atoms with Crippen molar-refractivity contribution in [3.63, 3.8) is 0 Å². The number of rotatable bonds is 2. The summed E-state index contributed by atoms with van der Waals surface area (Å²) in [4.78, 5) is 30.5. The standard InChI is InChI=1S/C12H17N5O3/c1-7(18)6-16-4-5-17-8-9(13-11(16)17)14(2)12(20)15(3)10(8)19/h7,18H,4-6H2,1-3H3. The summed E-state index contributed by atoms with van der Waals surface area (Å²) in [7, 11) is 3.07. The van der Waals surface area contributed by atoms with E-state index in [1.54, 1.807) is 14.0 Å². The second-order valence-corrected chi connectivity index (χ2v) is 5.24. The number of aryl methyl sites for hydroxylation is 1. The summed E-state index contributed by atoms with van der Waals surface area (Å²) in [5, 5.41) is 9.51. The lowest BCUT2D eigenvalue weighted by atomic mass is 10.4. The topological polar surface area (TPSA) is 85.3 Å². The fourth-order valence-electron chi connectivity index (χ4n) is 2.70. The first-order valence-corrected chi connectivity index (χ1v) is 6.51. The van der Waals surface area contributed by atoms with Gasteiger partial charge in [-0.05, 0) is 6.92 Å². The minimum Gasteiger partial charge on any atom is -0.392 e. The van der Waals surface area contributed by atoms with Crippen LogP contribution < -0.4 is 16.1 Å². The Labute approximate surface area is 114 Å². The smallest absolute Gasteiger partial charge is 0.332 e. The Bertz CT molecular complexity index is 798. The molecule has 1 aliphatic rings. The van der Waals surface area contributed by atoms with E-state index in [9.17, 15) is 14.7 Å². The van der Waals surface area contributed by atoms with Crippen molar-refractivity contribution >= 4 is 17.1 Å². The van der Waals surface area contributed by atoms with Gasteiger partial charge in [0.1, 0.15) is 0 Å². The van der Waals surface area contributed by atoms with Crippen LogP contribution in [0.4, 0.5) is 5.95 Å². The van der Waals surface area contributed by atoms with Gasteiger partial charge in [0.2, 0.25) is 5.95 Å². The highest BCUT2D eigenvalue weighted by Crippen LogP contribution is 2.24. The van der Waals surface area contributed by atoms with E-state index in [0.717, 1.165) is 4.57 Å². The van der Waals surface area contributed by atoms with Gasteiger partial charge < -0.3 is 14.6 Å². The first-order chi connectivity index (χ1) is 9.41. The van der Waals surface area contributed by atoms with E-state index in [2.05, 4.69) is 4.98 Å². The molecule has 0 saturated heterocycles. The lowest BCUT2D eigenvalue weighted by Gasteiger charge is -2.17. The molecule has 1 unspecified atom stereocenters. The molecule has 3 rings (SSSR count). The zero-order valence-corrected chi connectivity index (χ0v) is 11.7. The summed E-state index contributed by atoms with van der Waals surface area (Å²) in [6.07, 6.45) is -0.479. The molecule has 108 valence electrons. The molecule has 1 aliphatic heterocycles. The molecule has 0 bridgehead atoms. The number of aliphatic hydroxyl groups excluding tert-OH is 1. The zero-order chi connectivity index (χ0) is 14.6. The maximum absolute atomic E-state index is 12.3. The second-order valence-electron chi connectivity index (χ2n) is 5.24. The predicted molar refractivity (Wildman–Crippen MR) is 74.1 cm³/mol. The minimum atomic E-state index is -0.479. The van der Waals surface area contributed by atoms with Crippen molar-refractivity contribution < 1.29 is 5.11 Å². The van der Waals surface area contributed by atoms with Gasteiger partial charge in [-0.2, -0.15) is 4.98 Å². The number of β-amino-alcohol motifs (C(OH)–C–C–N with tert-alkyl or cyclic N) is 1. The molecule has 0 fully saturated rings. The molecule has 0 amide bonds. The van der Waals surface area contributed by atoms with Crippen LogP contribution in [0.3, 0.4) is 0 Å². The number of aliphatic hydroxyl groups is 1. The summed E-state index contributed by atoms with van der Waals surface area (Å²) in [5.74, 6) is 0.638. The van der Waals surface area contributed by atoms with Gasteiger partial charge in [-0.3, -0.25) is 13.9 Å². The molecule has 1 N–H and O–H groups in total. The quantitative estimate of drug-likeness (QED) is 0.733. The molecule has 0 aromatic carbocycles. The molecule has 8 nitrogen and oxygen atoms in total. The Hall–Kier alpha value is -2.09. The van der Waals surface area contributed by atoms with Gasteiger partial charge in [0.05, 0.1) is 6.10 Å². The van der Waals surface area contributed by atoms with Crippen LogP contribution in [0.2, 0.25) is 0 Å². The average molecular weight is 279 g/mol. The highest BCUT2D eigenvalue weighted by Gasteiger charge is 2.27. The molecule has 8 heteroatoms. The van der Waals surface area contributed by atoms with Crippen molar-refractivity contribution in [2.24, 2.45) is 14.1 Å². The Morgan fingerprint density at radius 3 is 2.60 bits per heavy atom. The van der Waals surface area contributed by atoms with Gasteiger partial charge in [-0.25, -0.2) is 4.79 Å². The molecule has 0 spiro atoms. The van der Waals surface area contributed by atoms with Gasteiger partial charge in [0, 0.05) is 33.7 Å². The monoisotopic (exact) mass is 279 g/mol. The van der Waals surface area contributed by atoms with Gasteiger partial charge >= 0.3 is 5.69 Å². The van der Waals surface area contributed by atoms with Gasteiger partial charge in [-0.15, -0.1) is 0 Å². The summed E-state index contributed by atoms with van der Waals surface area (Å²) in [5.41, 5.74) is 0.114. The maximum Gasteiger partial charge on any atom is 0.332 e. The Morgan fingerprint density at radius 2 is 1.95 bits per heavy atom. The highest BCUT2D eigenvalue weighted by atomic mass is 16.3. The lowest BCUT2D eigenvalue weighted by molar-refractivity contribution is 0.200. The van der Waals surface area contributed by atoms with E-state index < -0.39 is 6.10 Å². The minimum absolute atomic E-state index is 0.333. The molecule has 2 aromatic heterocycles. The number of anilines is 1. The van der Waals surface area contributed by atoms with Crippen molar-refractivity contribution in [2.45, 2.75) is 19.6 Å². The number of aromatic nitrogens is 4. The molecule has 2 aromatic rings. The number of hydrogen-bond donors (Lipinski definition) is 1. The highest BCUT2D eigenvalue weighted by molar-refractivity contribution is 5.75. The molecule has 0 aliphatic carbocycles.